The lowest BCUT2D eigenvalue weighted by atomic mass is 10.1. The Morgan fingerprint density at radius 2 is 2.21 bits per heavy atom. The zero-order valence-electron chi connectivity index (χ0n) is 10.3. The molecule has 1 fully saturated rings. The molecule has 1 atom stereocenters. The molecule has 5 nitrogen and oxygen atoms in total. The predicted molar refractivity (Wildman–Crippen MR) is 66.9 cm³/mol. The Balaban J connectivity index is 2.09. The van der Waals surface area contributed by atoms with E-state index in [2.05, 4.69) is 5.32 Å². The van der Waals surface area contributed by atoms with Crippen molar-refractivity contribution in [3.8, 4) is 0 Å². The van der Waals surface area contributed by atoms with Gasteiger partial charge in [0.05, 0.1) is 5.56 Å². The van der Waals surface area contributed by atoms with E-state index < -0.39 is 17.9 Å². The molecule has 1 aliphatic rings. The zero-order chi connectivity index (χ0) is 13.8. The van der Waals surface area contributed by atoms with Crippen molar-refractivity contribution in [1.29, 1.82) is 0 Å². The number of hydrogen-bond donors (Lipinski definition) is 2. The van der Waals surface area contributed by atoms with Crippen LogP contribution < -0.4 is 11.1 Å². The van der Waals surface area contributed by atoms with Crippen molar-refractivity contribution in [3.63, 3.8) is 0 Å². The quantitative estimate of drug-likeness (QED) is 0.623. The lowest BCUT2D eigenvalue weighted by Gasteiger charge is -2.15. The lowest BCUT2D eigenvalue weighted by Crippen LogP contribution is -2.36. The Hall–Kier alpha value is -2.11. The van der Waals surface area contributed by atoms with Crippen LogP contribution in [0.3, 0.4) is 0 Å². The van der Waals surface area contributed by atoms with Gasteiger partial charge in [-0.1, -0.05) is 0 Å². The summed E-state index contributed by atoms with van der Waals surface area (Å²) < 4.78 is 18.0. The van der Waals surface area contributed by atoms with E-state index in [9.17, 15) is 14.0 Å². The molecule has 3 N–H and O–H groups in total. The lowest BCUT2D eigenvalue weighted by molar-refractivity contribution is -0.129. The maximum atomic E-state index is 12.9. The smallest absolute Gasteiger partial charge is 0.341 e. The molecular weight excluding hydrogens is 251 g/mol. The molecule has 19 heavy (non-hydrogen) atoms. The third-order valence-electron chi connectivity index (χ3n) is 2.97. The zero-order valence-corrected chi connectivity index (χ0v) is 10.3. The first-order valence-electron chi connectivity index (χ1n) is 6.11. The molecule has 1 aromatic rings. The van der Waals surface area contributed by atoms with Crippen molar-refractivity contribution >= 4 is 17.6 Å². The summed E-state index contributed by atoms with van der Waals surface area (Å²) in [6, 6.07) is 3.42. The second-order valence-electron chi connectivity index (χ2n) is 4.41. The largest absolute Gasteiger partial charge is 0.449 e. The van der Waals surface area contributed by atoms with Crippen LogP contribution in [0.1, 0.15) is 29.6 Å². The van der Waals surface area contributed by atoms with E-state index in [1.54, 1.807) is 0 Å². The molecule has 1 saturated heterocycles. The van der Waals surface area contributed by atoms with Gasteiger partial charge in [-0.25, -0.2) is 9.18 Å². The van der Waals surface area contributed by atoms with Crippen LogP contribution in [-0.4, -0.2) is 24.5 Å². The van der Waals surface area contributed by atoms with Gasteiger partial charge in [0.15, 0.2) is 6.10 Å². The van der Waals surface area contributed by atoms with E-state index in [1.807, 2.05) is 0 Å². The number of benzene rings is 1. The Bertz CT molecular complexity index is 505. The first-order valence-corrected chi connectivity index (χ1v) is 6.11. The molecule has 0 aromatic heterocycles. The summed E-state index contributed by atoms with van der Waals surface area (Å²) in [5.74, 6) is -1.53. The van der Waals surface area contributed by atoms with Crippen molar-refractivity contribution in [1.82, 2.24) is 5.32 Å². The second-order valence-corrected chi connectivity index (χ2v) is 4.41. The molecule has 0 radical (unpaired) electrons. The number of hydrogen-bond acceptors (Lipinski definition) is 4. The highest BCUT2D eigenvalue weighted by molar-refractivity contribution is 5.96. The molecular formula is C13H15FN2O3. The van der Waals surface area contributed by atoms with Crippen LogP contribution in [0.5, 0.6) is 0 Å². The van der Waals surface area contributed by atoms with E-state index in [0.717, 1.165) is 25.0 Å². The third-order valence-corrected chi connectivity index (χ3v) is 2.97. The minimum Gasteiger partial charge on any atom is -0.449 e. The Morgan fingerprint density at radius 3 is 2.95 bits per heavy atom. The summed E-state index contributed by atoms with van der Waals surface area (Å²) in [6.45, 7) is 0.589. The van der Waals surface area contributed by atoms with Crippen LogP contribution in [0.2, 0.25) is 0 Å². The summed E-state index contributed by atoms with van der Waals surface area (Å²) in [5.41, 5.74) is 5.62. The normalized spacial score (nSPS) is 19.4. The number of rotatable bonds is 2. The Morgan fingerprint density at radius 1 is 1.42 bits per heavy atom. The molecule has 1 aliphatic heterocycles. The number of esters is 1. The number of carbonyl (C=O) groups excluding carboxylic acids is 2. The van der Waals surface area contributed by atoms with Crippen LogP contribution >= 0.6 is 0 Å². The van der Waals surface area contributed by atoms with Crippen molar-refractivity contribution in [3.05, 3.63) is 29.6 Å². The first-order chi connectivity index (χ1) is 9.08. The van der Waals surface area contributed by atoms with Gasteiger partial charge in [-0.15, -0.1) is 0 Å². The average molecular weight is 266 g/mol. The number of nitrogens with one attached hydrogen (secondary N) is 1. The molecule has 1 aromatic carbocycles. The maximum Gasteiger partial charge on any atom is 0.341 e. The third kappa shape index (κ3) is 3.21. The fourth-order valence-corrected chi connectivity index (χ4v) is 1.94. The highest BCUT2D eigenvalue weighted by atomic mass is 19.1. The van der Waals surface area contributed by atoms with E-state index in [1.165, 1.54) is 6.07 Å². The molecule has 1 amide bonds. The minimum atomic E-state index is -0.806. The molecule has 0 aliphatic carbocycles. The molecule has 102 valence electrons. The fraction of sp³-hybridized carbons (Fsp3) is 0.385. The summed E-state index contributed by atoms with van der Waals surface area (Å²) in [7, 11) is 0. The van der Waals surface area contributed by atoms with Crippen molar-refractivity contribution < 1.29 is 18.7 Å². The summed E-state index contributed by atoms with van der Waals surface area (Å²) in [5, 5.41) is 2.67. The number of ether oxygens (including phenoxy) is 1. The highest BCUT2D eigenvalue weighted by Crippen LogP contribution is 2.17. The number of amides is 1. The minimum absolute atomic E-state index is 0.000898. The topological polar surface area (TPSA) is 81.4 Å². The van der Waals surface area contributed by atoms with Gasteiger partial charge < -0.3 is 15.8 Å². The predicted octanol–water partition coefficient (Wildman–Crippen LogP) is 1.23. The molecule has 1 heterocycles. The van der Waals surface area contributed by atoms with Crippen LogP contribution in [-0.2, 0) is 9.53 Å². The van der Waals surface area contributed by atoms with E-state index in [-0.39, 0.29) is 17.2 Å². The van der Waals surface area contributed by atoms with Crippen molar-refractivity contribution in [2.45, 2.75) is 25.4 Å². The Labute approximate surface area is 109 Å². The molecule has 2 rings (SSSR count). The number of halogens is 1. The van der Waals surface area contributed by atoms with Crippen LogP contribution in [0, 0.1) is 5.82 Å². The van der Waals surface area contributed by atoms with Crippen molar-refractivity contribution in [2.24, 2.45) is 0 Å². The maximum absolute atomic E-state index is 12.9. The van der Waals surface area contributed by atoms with Gasteiger partial charge in [0, 0.05) is 12.2 Å². The molecule has 0 spiro atoms. The Kier molecular flexibility index (Phi) is 3.99. The number of nitrogen functional groups attached to an aromatic ring is 1. The first kappa shape index (κ1) is 13.3. The fourth-order valence-electron chi connectivity index (χ4n) is 1.94. The van der Waals surface area contributed by atoms with Gasteiger partial charge in [-0.05, 0) is 37.5 Å². The molecule has 1 unspecified atom stereocenters. The molecule has 6 heteroatoms. The van der Waals surface area contributed by atoms with Crippen molar-refractivity contribution in [2.75, 3.05) is 12.3 Å². The second kappa shape index (κ2) is 5.69. The van der Waals surface area contributed by atoms with E-state index >= 15 is 0 Å². The van der Waals surface area contributed by atoms with Gasteiger partial charge >= 0.3 is 5.97 Å². The van der Waals surface area contributed by atoms with Crippen LogP contribution in [0.15, 0.2) is 18.2 Å². The number of nitrogens with two attached hydrogens (primary N) is 1. The number of anilines is 1. The highest BCUT2D eigenvalue weighted by Gasteiger charge is 2.25. The van der Waals surface area contributed by atoms with Gasteiger partial charge in [0.25, 0.3) is 5.91 Å². The van der Waals surface area contributed by atoms with Crippen LogP contribution in [0.4, 0.5) is 10.1 Å². The summed E-state index contributed by atoms with van der Waals surface area (Å²) in [4.78, 5) is 23.5. The standard InChI is InChI=1S/C13H15FN2O3/c14-8-4-5-9(10(15)7-8)13(18)19-11-3-1-2-6-16-12(11)17/h4-5,7,11H,1-3,6,15H2,(H,16,17). The molecule has 0 bridgehead atoms. The van der Waals surface area contributed by atoms with Gasteiger partial charge in [0.1, 0.15) is 5.82 Å². The average Bonchev–Trinajstić information content (AvgIpc) is 2.55. The van der Waals surface area contributed by atoms with Gasteiger partial charge in [-0.2, -0.15) is 0 Å². The summed E-state index contributed by atoms with van der Waals surface area (Å²) in [6.07, 6.45) is 1.34. The summed E-state index contributed by atoms with van der Waals surface area (Å²) >= 11 is 0. The monoisotopic (exact) mass is 266 g/mol. The van der Waals surface area contributed by atoms with Gasteiger partial charge in [0.2, 0.25) is 0 Å². The van der Waals surface area contributed by atoms with Gasteiger partial charge in [-0.3, -0.25) is 4.79 Å². The van der Waals surface area contributed by atoms with E-state index in [0.29, 0.717) is 13.0 Å². The SMILES string of the molecule is Nc1cc(F)ccc1C(=O)OC1CCCCNC1=O. The van der Waals surface area contributed by atoms with E-state index in [4.69, 9.17) is 10.5 Å². The number of carbonyl (C=O) groups is 2. The molecule has 0 saturated carbocycles. The van der Waals surface area contributed by atoms with Crippen LogP contribution in [0.25, 0.3) is 0 Å².